The number of fused-ring (bicyclic) bond motifs is 1. The molecule has 0 aliphatic heterocycles. The third-order valence-electron chi connectivity index (χ3n) is 1.92. The van der Waals surface area contributed by atoms with E-state index in [1.165, 1.54) is 0 Å². The van der Waals surface area contributed by atoms with Gasteiger partial charge in [-0.3, -0.25) is 0 Å². The number of phenols is 1. The highest BCUT2D eigenvalue weighted by molar-refractivity contribution is 9.08. The van der Waals surface area contributed by atoms with E-state index in [4.69, 9.17) is 0 Å². The van der Waals surface area contributed by atoms with E-state index < -0.39 is 0 Å². The largest absolute Gasteiger partial charge is 0.506 e. The van der Waals surface area contributed by atoms with Crippen molar-refractivity contribution < 1.29 is 5.11 Å². The van der Waals surface area contributed by atoms with Crippen LogP contribution in [0.3, 0.4) is 0 Å². The smallest absolute Gasteiger partial charge is 0.134 e. The summed E-state index contributed by atoms with van der Waals surface area (Å²) in [5.41, 5.74) is 0.928. The summed E-state index contributed by atoms with van der Waals surface area (Å²) in [6.45, 7) is 0. The lowest BCUT2D eigenvalue weighted by Gasteiger charge is -2.04. The topological polar surface area (TPSA) is 20.2 Å². The number of thiophene rings is 1. The molecule has 1 N–H and O–H groups in total. The number of hydrogen-bond donors (Lipinski definition) is 2. The van der Waals surface area contributed by atoms with Crippen LogP contribution in [0.2, 0.25) is 0 Å². The fourth-order valence-corrected chi connectivity index (χ4v) is 3.21. The first kappa shape index (κ1) is 9.37. The van der Waals surface area contributed by atoms with E-state index in [1.54, 1.807) is 11.3 Å². The number of alkyl halides is 1. The lowest BCUT2D eigenvalue weighted by molar-refractivity contribution is 0.459. The first-order valence-electron chi connectivity index (χ1n) is 3.71. The van der Waals surface area contributed by atoms with Crippen LogP contribution >= 0.6 is 39.9 Å². The molecule has 4 heteroatoms. The second-order valence-electron chi connectivity index (χ2n) is 2.70. The van der Waals surface area contributed by atoms with Gasteiger partial charge in [0.15, 0.2) is 0 Å². The normalized spacial score (nSPS) is 10.9. The Morgan fingerprint density at radius 1 is 1.54 bits per heavy atom. The minimum atomic E-state index is 0.287. The molecule has 0 unspecified atom stereocenters. The Labute approximate surface area is 93.9 Å². The Bertz CT molecular complexity index is 450. The lowest BCUT2D eigenvalue weighted by atomic mass is 10.1. The van der Waals surface area contributed by atoms with Gasteiger partial charge in [-0.15, -0.1) is 24.0 Å². The molecule has 0 saturated carbocycles. The number of halogens is 1. The van der Waals surface area contributed by atoms with E-state index in [9.17, 15) is 5.11 Å². The molecule has 0 radical (unpaired) electrons. The monoisotopic (exact) mass is 274 g/mol. The Morgan fingerprint density at radius 3 is 3.00 bits per heavy atom. The van der Waals surface area contributed by atoms with E-state index >= 15 is 0 Å². The van der Waals surface area contributed by atoms with Crippen molar-refractivity contribution >= 4 is 50.0 Å². The Kier molecular flexibility index (Phi) is 2.53. The average Bonchev–Trinajstić information content (AvgIpc) is 2.54. The highest BCUT2D eigenvalue weighted by Crippen LogP contribution is 2.37. The minimum absolute atomic E-state index is 0.287. The van der Waals surface area contributed by atoms with Crippen molar-refractivity contribution in [1.29, 1.82) is 0 Å². The molecule has 1 heterocycles. The number of aromatic hydroxyl groups is 1. The van der Waals surface area contributed by atoms with Gasteiger partial charge in [-0.25, -0.2) is 0 Å². The van der Waals surface area contributed by atoms with Crippen molar-refractivity contribution in [1.82, 2.24) is 0 Å². The molecule has 1 nitrogen and oxygen atoms in total. The summed E-state index contributed by atoms with van der Waals surface area (Å²) in [7, 11) is 0. The SMILES string of the molecule is Oc1c(S)cc2ccsc2c1CBr. The van der Waals surface area contributed by atoms with Crippen molar-refractivity contribution in [2.24, 2.45) is 0 Å². The quantitative estimate of drug-likeness (QED) is 0.599. The van der Waals surface area contributed by atoms with Crippen molar-refractivity contribution in [3.8, 4) is 5.75 Å². The molecule has 68 valence electrons. The van der Waals surface area contributed by atoms with Crippen molar-refractivity contribution in [3.63, 3.8) is 0 Å². The number of phenolic OH excluding ortho intramolecular Hbond substituents is 1. The summed E-state index contributed by atoms with van der Waals surface area (Å²) in [6.07, 6.45) is 0. The maximum atomic E-state index is 9.71. The van der Waals surface area contributed by atoms with Crippen molar-refractivity contribution in [2.75, 3.05) is 0 Å². The van der Waals surface area contributed by atoms with E-state index in [2.05, 4.69) is 28.6 Å². The third-order valence-corrected chi connectivity index (χ3v) is 3.82. The first-order valence-corrected chi connectivity index (χ1v) is 6.16. The molecule has 0 saturated heterocycles. The average molecular weight is 275 g/mol. The molecule has 13 heavy (non-hydrogen) atoms. The Hall–Kier alpha value is -0.190. The summed E-state index contributed by atoms with van der Waals surface area (Å²) in [4.78, 5) is 0.639. The standard InChI is InChI=1S/C9H7BrOS2/c10-4-6-8(11)7(12)3-5-1-2-13-9(5)6/h1-3,11-12H,4H2. The highest BCUT2D eigenvalue weighted by Gasteiger charge is 2.10. The van der Waals surface area contributed by atoms with Crippen LogP contribution in [0.25, 0.3) is 10.1 Å². The van der Waals surface area contributed by atoms with Crippen molar-refractivity contribution in [3.05, 3.63) is 23.1 Å². The molecular weight excluding hydrogens is 268 g/mol. The van der Waals surface area contributed by atoms with E-state index in [-0.39, 0.29) is 5.75 Å². The lowest BCUT2D eigenvalue weighted by Crippen LogP contribution is -1.81. The predicted molar refractivity (Wildman–Crippen MR) is 63.4 cm³/mol. The molecule has 0 spiro atoms. The number of thiol groups is 1. The zero-order chi connectivity index (χ0) is 9.42. The number of benzene rings is 1. The maximum Gasteiger partial charge on any atom is 0.134 e. The van der Waals surface area contributed by atoms with Crippen LogP contribution in [0.1, 0.15) is 5.56 Å². The minimum Gasteiger partial charge on any atom is -0.506 e. The summed E-state index contributed by atoms with van der Waals surface area (Å²) >= 11 is 9.20. The second-order valence-corrected chi connectivity index (χ2v) is 4.65. The van der Waals surface area contributed by atoms with Gasteiger partial charge in [0, 0.05) is 20.5 Å². The maximum absolute atomic E-state index is 9.71. The molecular formula is C9H7BrOS2. The molecule has 0 aliphatic carbocycles. The van der Waals surface area contributed by atoms with Gasteiger partial charge in [0.1, 0.15) is 5.75 Å². The molecule has 2 aromatic rings. The fraction of sp³-hybridized carbons (Fsp3) is 0.111. The van der Waals surface area contributed by atoms with Crippen LogP contribution in [-0.2, 0) is 5.33 Å². The molecule has 0 fully saturated rings. The second kappa shape index (κ2) is 3.52. The summed E-state index contributed by atoms with van der Waals surface area (Å²) in [5.74, 6) is 0.287. The zero-order valence-corrected chi connectivity index (χ0v) is 9.92. The predicted octanol–water partition coefficient (Wildman–Crippen LogP) is 3.79. The first-order chi connectivity index (χ1) is 6.24. The van der Waals surface area contributed by atoms with Gasteiger partial charge >= 0.3 is 0 Å². The molecule has 2 rings (SSSR count). The number of rotatable bonds is 1. The van der Waals surface area contributed by atoms with Crippen molar-refractivity contribution in [2.45, 2.75) is 10.2 Å². The molecule has 1 aromatic carbocycles. The van der Waals surface area contributed by atoms with Gasteiger partial charge in [-0.05, 0) is 22.9 Å². The molecule has 0 amide bonds. The van der Waals surface area contributed by atoms with E-state index in [0.29, 0.717) is 10.2 Å². The Morgan fingerprint density at radius 2 is 2.31 bits per heavy atom. The summed E-state index contributed by atoms with van der Waals surface area (Å²) in [5, 5.41) is 13.5. The zero-order valence-electron chi connectivity index (χ0n) is 6.62. The van der Waals surface area contributed by atoms with Crippen LogP contribution < -0.4 is 0 Å². The third kappa shape index (κ3) is 1.47. The molecule has 0 bridgehead atoms. The van der Waals surface area contributed by atoms with Crippen LogP contribution in [0.4, 0.5) is 0 Å². The van der Waals surface area contributed by atoms with Gasteiger partial charge in [0.05, 0.1) is 0 Å². The molecule has 0 aliphatic rings. The fourth-order valence-electron chi connectivity index (χ4n) is 1.28. The van der Waals surface area contributed by atoms with Crippen LogP contribution in [-0.4, -0.2) is 5.11 Å². The van der Waals surface area contributed by atoms with Crippen LogP contribution in [0, 0.1) is 0 Å². The van der Waals surface area contributed by atoms with Gasteiger partial charge in [0.2, 0.25) is 0 Å². The summed E-state index contributed by atoms with van der Waals surface area (Å²) in [6, 6.07) is 3.92. The van der Waals surface area contributed by atoms with Crippen LogP contribution in [0.15, 0.2) is 22.4 Å². The van der Waals surface area contributed by atoms with E-state index in [1.807, 2.05) is 17.5 Å². The molecule has 0 atom stereocenters. The van der Waals surface area contributed by atoms with Crippen LogP contribution in [0.5, 0.6) is 5.75 Å². The van der Waals surface area contributed by atoms with Gasteiger partial charge in [-0.2, -0.15) is 0 Å². The summed E-state index contributed by atoms with van der Waals surface area (Å²) < 4.78 is 1.13. The molecule has 1 aromatic heterocycles. The highest BCUT2D eigenvalue weighted by atomic mass is 79.9. The van der Waals surface area contributed by atoms with Gasteiger partial charge in [-0.1, -0.05) is 15.9 Å². The van der Waals surface area contributed by atoms with E-state index in [0.717, 1.165) is 15.6 Å². The Balaban J connectivity index is 2.87. The van der Waals surface area contributed by atoms with Gasteiger partial charge in [0.25, 0.3) is 0 Å². The van der Waals surface area contributed by atoms with Gasteiger partial charge < -0.3 is 5.11 Å². The number of hydrogen-bond acceptors (Lipinski definition) is 3.